The zero-order valence-electron chi connectivity index (χ0n) is 7.80. The fourth-order valence-electron chi connectivity index (χ4n) is 1.28. The van der Waals surface area contributed by atoms with E-state index in [1.807, 2.05) is 13.0 Å². The summed E-state index contributed by atoms with van der Waals surface area (Å²) in [5.74, 6) is 0.881. The van der Waals surface area contributed by atoms with E-state index in [0.29, 0.717) is 6.42 Å². The van der Waals surface area contributed by atoms with Crippen LogP contribution in [0.25, 0.3) is 0 Å². The molecule has 2 heterocycles. The molecular weight excluding hydrogens is 198 g/mol. The van der Waals surface area contributed by atoms with Crippen LogP contribution in [-0.2, 0) is 6.42 Å². The summed E-state index contributed by atoms with van der Waals surface area (Å²) in [6, 6.07) is 1.89. The molecular formula is C9H11N3OS. The number of nitrogens with zero attached hydrogens (tertiary/aromatic N) is 2. The summed E-state index contributed by atoms with van der Waals surface area (Å²) in [4.78, 5) is 0. The molecule has 0 saturated carbocycles. The molecule has 1 unspecified atom stereocenters. The lowest BCUT2D eigenvalue weighted by atomic mass is 10.1. The van der Waals surface area contributed by atoms with Gasteiger partial charge in [0.25, 0.3) is 0 Å². The lowest BCUT2D eigenvalue weighted by molar-refractivity contribution is 0.528. The summed E-state index contributed by atoms with van der Waals surface area (Å²) < 4.78 is 13.2. The highest BCUT2D eigenvalue weighted by Crippen LogP contribution is 2.17. The molecule has 0 radical (unpaired) electrons. The average Bonchev–Trinajstić information content (AvgIpc) is 2.75. The Morgan fingerprint density at radius 1 is 1.64 bits per heavy atom. The molecule has 0 saturated heterocycles. The van der Waals surface area contributed by atoms with Crippen molar-refractivity contribution in [1.82, 2.24) is 8.75 Å². The predicted molar refractivity (Wildman–Crippen MR) is 54.0 cm³/mol. The molecule has 2 rings (SSSR count). The van der Waals surface area contributed by atoms with Gasteiger partial charge in [-0.1, -0.05) is 0 Å². The van der Waals surface area contributed by atoms with Gasteiger partial charge >= 0.3 is 0 Å². The van der Waals surface area contributed by atoms with Crippen LogP contribution >= 0.6 is 11.7 Å². The van der Waals surface area contributed by atoms with E-state index in [0.717, 1.165) is 17.0 Å². The van der Waals surface area contributed by atoms with Crippen molar-refractivity contribution in [2.24, 2.45) is 5.73 Å². The molecule has 0 aliphatic heterocycles. The fraction of sp³-hybridized carbons (Fsp3) is 0.333. The van der Waals surface area contributed by atoms with Gasteiger partial charge in [-0.2, -0.15) is 8.75 Å². The molecule has 5 heteroatoms. The second-order valence-corrected chi connectivity index (χ2v) is 3.76. The lowest BCUT2D eigenvalue weighted by Gasteiger charge is -2.05. The van der Waals surface area contributed by atoms with Gasteiger partial charge in [0.05, 0.1) is 29.9 Å². The third kappa shape index (κ3) is 2.00. The third-order valence-corrected chi connectivity index (χ3v) is 2.53. The standard InChI is InChI=1S/C9H11N3OS/c1-6-2-7(5-13-6)9(10)3-8-4-11-14-12-8/h2,4-5,9H,3,10H2,1H3. The number of aryl methyl sites for hydroxylation is 1. The van der Waals surface area contributed by atoms with Gasteiger partial charge in [-0.25, -0.2) is 0 Å². The van der Waals surface area contributed by atoms with Crippen molar-refractivity contribution in [2.75, 3.05) is 0 Å². The van der Waals surface area contributed by atoms with Gasteiger partial charge in [-0.15, -0.1) is 0 Å². The Hall–Kier alpha value is -1.20. The van der Waals surface area contributed by atoms with Crippen LogP contribution in [0.2, 0.25) is 0 Å². The van der Waals surface area contributed by atoms with Gasteiger partial charge in [0.2, 0.25) is 0 Å². The molecule has 0 spiro atoms. The van der Waals surface area contributed by atoms with Crippen LogP contribution in [0.15, 0.2) is 22.9 Å². The van der Waals surface area contributed by atoms with E-state index in [1.165, 1.54) is 11.7 Å². The summed E-state index contributed by atoms with van der Waals surface area (Å²) in [5.41, 5.74) is 7.92. The Morgan fingerprint density at radius 3 is 3.07 bits per heavy atom. The Morgan fingerprint density at radius 2 is 2.50 bits per heavy atom. The van der Waals surface area contributed by atoms with Crippen molar-refractivity contribution in [3.8, 4) is 0 Å². The normalized spacial score (nSPS) is 13.0. The molecule has 0 fully saturated rings. The minimum Gasteiger partial charge on any atom is -0.469 e. The molecule has 74 valence electrons. The highest BCUT2D eigenvalue weighted by molar-refractivity contribution is 6.99. The molecule has 0 aliphatic carbocycles. The lowest BCUT2D eigenvalue weighted by Crippen LogP contribution is -2.12. The maximum Gasteiger partial charge on any atom is 0.101 e. The molecule has 0 bridgehead atoms. The number of furan rings is 1. The second kappa shape index (κ2) is 3.89. The summed E-state index contributed by atoms with van der Waals surface area (Å²) in [7, 11) is 0. The summed E-state index contributed by atoms with van der Waals surface area (Å²) in [5, 5.41) is 0. The van der Waals surface area contributed by atoms with E-state index in [4.69, 9.17) is 10.2 Å². The smallest absolute Gasteiger partial charge is 0.101 e. The quantitative estimate of drug-likeness (QED) is 0.835. The van der Waals surface area contributed by atoms with Crippen LogP contribution < -0.4 is 5.73 Å². The highest BCUT2D eigenvalue weighted by atomic mass is 32.1. The fourth-order valence-corrected chi connectivity index (χ4v) is 1.72. The molecule has 4 nitrogen and oxygen atoms in total. The monoisotopic (exact) mass is 209 g/mol. The summed E-state index contributed by atoms with van der Waals surface area (Å²) >= 11 is 1.20. The minimum atomic E-state index is -0.0589. The van der Waals surface area contributed by atoms with Crippen LogP contribution in [-0.4, -0.2) is 8.75 Å². The molecule has 0 aliphatic rings. The van der Waals surface area contributed by atoms with E-state index in [1.54, 1.807) is 12.5 Å². The largest absolute Gasteiger partial charge is 0.469 e. The first-order valence-electron chi connectivity index (χ1n) is 4.33. The van der Waals surface area contributed by atoms with Crippen molar-refractivity contribution in [2.45, 2.75) is 19.4 Å². The first-order valence-corrected chi connectivity index (χ1v) is 5.06. The van der Waals surface area contributed by atoms with E-state index in [2.05, 4.69) is 8.75 Å². The number of hydrogen-bond donors (Lipinski definition) is 1. The van der Waals surface area contributed by atoms with E-state index >= 15 is 0 Å². The molecule has 1 atom stereocenters. The van der Waals surface area contributed by atoms with Crippen LogP contribution in [0.4, 0.5) is 0 Å². The Kier molecular flexibility index (Phi) is 2.60. The number of aromatic nitrogens is 2. The van der Waals surface area contributed by atoms with Crippen molar-refractivity contribution >= 4 is 11.7 Å². The van der Waals surface area contributed by atoms with Crippen LogP contribution in [0.1, 0.15) is 23.1 Å². The average molecular weight is 209 g/mol. The van der Waals surface area contributed by atoms with Gasteiger partial charge in [-0.3, -0.25) is 0 Å². The van der Waals surface area contributed by atoms with Gasteiger partial charge in [0.1, 0.15) is 5.76 Å². The maximum absolute atomic E-state index is 5.98. The van der Waals surface area contributed by atoms with E-state index < -0.39 is 0 Å². The number of nitrogens with two attached hydrogens (primary N) is 1. The topological polar surface area (TPSA) is 64.9 Å². The van der Waals surface area contributed by atoms with Crippen LogP contribution in [0, 0.1) is 6.92 Å². The Labute approximate surface area is 86.1 Å². The summed E-state index contributed by atoms with van der Waals surface area (Å²) in [6.07, 6.45) is 4.15. The molecule has 0 amide bonds. The number of rotatable bonds is 3. The van der Waals surface area contributed by atoms with Crippen molar-refractivity contribution in [3.05, 3.63) is 35.5 Å². The van der Waals surface area contributed by atoms with Crippen molar-refractivity contribution in [3.63, 3.8) is 0 Å². The molecule has 0 aromatic carbocycles. The first-order chi connectivity index (χ1) is 6.75. The SMILES string of the molecule is Cc1cc(C(N)Cc2cnsn2)co1. The Balaban J connectivity index is 2.06. The first kappa shape index (κ1) is 9.36. The Bertz CT molecular complexity index is 396. The van der Waals surface area contributed by atoms with Gasteiger partial charge in [-0.05, 0) is 13.0 Å². The zero-order chi connectivity index (χ0) is 9.97. The maximum atomic E-state index is 5.98. The minimum absolute atomic E-state index is 0.0589. The van der Waals surface area contributed by atoms with Gasteiger partial charge in [0, 0.05) is 18.0 Å². The third-order valence-electron chi connectivity index (χ3n) is 2.01. The summed E-state index contributed by atoms with van der Waals surface area (Å²) in [6.45, 7) is 1.90. The second-order valence-electron chi connectivity index (χ2n) is 3.20. The van der Waals surface area contributed by atoms with Gasteiger partial charge in [0.15, 0.2) is 0 Å². The van der Waals surface area contributed by atoms with Gasteiger partial charge < -0.3 is 10.2 Å². The van der Waals surface area contributed by atoms with Crippen molar-refractivity contribution in [1.29, 1.82) is 0 Å². The van der Waals surface area contributed by atoms with E-state index in [-0.39, 0.29) is 6.04 Å². The van der Waals surface area contributed by atoms with E-state index in [9.17, 15) is 0 Å². The zero-order valence-corrected chi connectivity index (χ0v) is 8.62. The molecule has 2 aromatic rings. The molecule has 2 N–H and O–H groups in total. The van der Waals surface area contributed by atoms with Crippen molar-refractivity contribution < 1.29 is 4.42 Å². The van der Waals surface area contributed by atoms with Crippen LogP contribution in [0.3, 0.4) is 0 Å². The number of hydrogen-bond acceptors (Lipinski definition) is 5. The van der Waals surface area contributed by atoms with Crippen LogP contribution in [0.5, 0.6) is 0 Å². The molecule has 14 heavy (non-hydrogen) atoms. The predicted octanol–water partition coefficient (Wildman–Crippen LogP) is 1.68. The molecule has 2 aromatic heterocycles. The highest BCUT2D eigenvalue weighted by Gasteiger charge is 2.10.